The maximum absolute atomic E-state index is 13.0. The van der Waals surface area contributed by atoms with Crippen molar-refractivity contribution in [3.63, 3.8) is 0 Å². The first-order valence-corrected chi connectivity index (χ1v) is 9.66. The quantitative estimate of drug-likeness (QED) is 0.755. The Balaban J connectivity index is 1.39. The third-order valence-corrected chi connectivity index (χ3v) is 5.85. The number of aromatic amines is 1. The number of imidazole rings is 1. The number of ether oxygens (including phenoxy) is 1. The molecule has 5 heterocycles. The number of piperidine rings is 1. The van der Waals surface area contributed by atoms with Crippen molar-refractivity contribution < 1.29 is 4.74 Å². The minimum absolute atomic E-state index is 0.0648. The molecule has 3 aromatic heterocycles. The van der Waals surface area contributed by atoms with Gasteiger partial charge in [-0.15, -0.1) is 0 Å². The summed E-state index contributed by atoms with van der Waals surface area (Å²) in [7, 11) is 1.63. The molecule has 1 saturated heterocycles. The summed E-state index contributed by atoms with van der Waals surface area (Å²) in [5, 5.41) is 0. The normalized spacial score (nSPS) is 21.3. The second-order valence-electron chi connectivity index (χ2n) is 7.73. The van der Waals surface area contributed by atoms with Gasteiger partial charge in [-0.25, -0.2) is 9.97 Å². The van der Waals surface area contributed by atoms with E-state index in [2.05, 4.69) is 32.0 Å². The molecule has 1 fully saturated rings. The lowest BCUT2D eigenvalue weighted by Crippen LogP contribution is -2.47. The van der Waals surface area contributed by atoms with E-state index < -0.39 is 0 Å². The number of methoxy groups -OCH3 is 1. The maximum atomic E-state index is 13.0. The van der Waals surface area contributed by atoms with E-state index >= 15 is 0 Å². The van der Waals surface area contributed by atoms with Gasteiger partial charge in [0.2, 0.25) is 5.88 Å². The zero-order valence-electron chi connectivity index (χ0n) is 15.8. The summed E-state index contributed by atoms with van der Waals surface area (Å²) in [6, 6.07) is 8.01. The molecule has 0 radical (unpaired) electrons. The van der Waals surface area contributed by atoms with Crippen LogP contribution < -0.4 is 10.3 Å². The van der Waals surface area contributed by atoms with Crippen LogP contribution in [0.1, 0.15) is 23.6 Å². The van der Waals surface area contributed by atoms with E-state index in [1.807, 2.05) is 22.9 Å². The Morgan fingerprint density at radius 2 is 2.11 bits per heavy atom. The molecule has 7 heteroatoms. The van der Waals surface area contributed by atoms with Crippen LogP contribution in [-0.2, 0) is 13.1 Å². The van der Waals surface area contributed by atoms with E-state index in [0.29, 0.717) is 29.1 Å². The van der Waals surface area contributed by atoms with Gasteiger partial charge in [-0.1, -0.05) is 6.07 Å². The molecular weight excluding hydrogens is 354 g/mol. The molecule has 2 atom stereocenters. The second kappa shape index (κ2) is 6.91. The van der Waals surface area contributed by atoms with Crippen molar-refractivity contribution in [2.75, 3.05) is 20.2 Å². The minimum Gasteiger partial charge on any atom is -0.481 e. The number of pyridine rings is 2. The molecular formula is C21H23N5O2. The van der Waals surface area contributed by atoms with Gasteiger partial charge in [0.1, 0.15) is 5.82 Å². The maximum Gasteiger partial charge on any atom is 0.261 e. The Bertz CT molecular complexity index is 1030. The van der Waals surface area contributed by atoms with Gasteiger partial charge in [0.15, 0.2) is 0 Å². The molecule has 2 bridgehead atoms. The van der Waals surface area contributed by atoms with Crippen molar-refractivity contribution >= 4 is 0 Å². The van der Waals surface area contributed by atoms with Crippen LogP contribution in [0.15, 0.2) is 47.7 Å². The van der Waals surface area contributed by atoms with Gasteiger partial charge < -0.3 is 14.3 Å². The molecule has 3 aromatic rings. The molecule has 0 aromatic carbocycles. The van der Waals surface area contributed by atoms with Crippen LogP contribution in [0.5, 0.6) is 5.88 Å². The summed E-state index contributed by atoms with van der Waals surface area (Å²) >= 11 is 0. The van der Waals surface area contributed by atoms with Crippen LogP contribution in [0.25, 0.3) is 11.4 Å². The standard InChI is InChI=1S/C21H23N5O2/c1-28-19-5-2-14(9-24-19)10-25-11-15-8-16(13-25)18-4-3-17(20-22-6-7-23-20)21(27)26(18)12-15/h2-7,9,15-16H,8,10-13H2,1H3,(H,22,23)/t15-,16+/m0/s1. The number of hydrogen-bond acceptors (Lipinski definition) is 5. The zero-order valence-corrected chi connectivity index (χ0v) is 15.8. The van der Waals surface area contributed by atoms with Crippen LogP contribution in [0.3, 0.4) is 0 Å². The van der Waals surface area contributed by atoms with Gasteiger partial charge in [0, 0.05) is 62.4 Å². The van der Waals surface area contributed by atoms with Crippen molar-refractivity contribution in [1.29, 1.82) is 0 Å². The van der Waals surface area contributed by atoms with Crippen LogP contribution >= 0.6 is 0 Å². The van der Waals surface area contributed by atoms with Crippen LogP contribution in [0.4, 0.5) is 0 Å². The van der Waals surface area contributed by atoms with Crippen molar-refractivity contribution in [3.8, 4) is 17.3 Å². The third kappa shape index (κ3) is 3.01. The van der Waals surface area contributed by atoms with Crippen LogP contribution in [0.2, 0.25) is 0 Å². The molecule has 2 aliphatic rings. The molecule has 0 unspecified atom stereocenters. The first kappa shape index (κ1) is 17.2. The Morgan fingerprint density at radius 3 is 2.86 bits per heavy atom. The summed E-state index contributed by atoms with van der Waals surface area (Å²) in [5.41, 5.74) is 3.05. The minimum atomic E-state index is 0.0648. The van der Waals surface area contributed by atoms with E-state index in [9.17, 15) is 4.79 Å². The molecule has 2 aliphatic heterocycles. The lowest BCUT2D eigenvalue weighted by atomic mass is 9.83. The van der Waals surface area contributed by atoms with Crippen molar-refractivity contribution in [3.05, 3.63) is 64.5 Å². The number of rotatable bonds is 4. The fourth-order valence-electron chi connectivity index (χ4n) is 4.65. The average Bonchev–Trinajstić information content (AvgIpc) is 3.24. The lowest BCUT2D eigenvalue weighted by Gasteiger charge is -2.43. The van der Waals surface area contributed by atoms with E-state index in [0.717, 1.165) is 38.3 Å². The fourth-order valence-corrected chi connectivity index (χ4v) is 4.65. The lowest BCUT2D eigenvalue weighted by molar-refractivity contribution is 0.114. The number of likely N-dealkylation sites (tertiary alicyclic amines) is 1. The number of aromatic nitrogens is 4. The molecule has 0 spiro atoms. The second-order valence-corrected chi connectivity index (χ2v) is 7.73. The molecule has 0 aliphatic carbocycles. The first-order chi connectivity index (χ1) is 13.7. The van der Waals surface area contributed by atoms with Gasteiger partial charge in [0.25, 0.3) is 5.56 Å². The van der Waals surface area contributed by atoms with Crippen molar-refractivity contribution in [1.82, 2.24) is 24.4 Å². The molecule has 0 saturated carbocycles. The van der Waals surface area contributed by atoms with Crippen molar-refractivity contribution in [2.24, 2.45) is 5.92 Å². The Kier molecular flexibility index (Phi) is 4.24. The van der Waals surface area contributed by atoms with Gasteiger partial charge in [0.05, 0.1) is 12.7 Å². The summed E-state index contributed by atoms with van der Waals surface area (Å²) in [5.74, 6) is 2.16. The Hall–Kier alpha value is -2.93. The summed E-state index contributed by atoms with van der Waals surface area (Å²) in [4.78, 5) is 27.1. The highest BCUT2D eigenvalue weighted by Gasteiger charge is 2.35. The molecule has 7 nitrogen and oxygen atoms in total. The predicted octanol–water partition coefficient (Wildman–Crippen LogP) is 2.26. The van der Waals surface area contributed by atoms with E-state index in [-0.39, 0.29) is 5.56 Å². The third-order valence-electron chi connectivity index (χ3n) is 5.85. The van der Waals surface area contributed by atoms with Gasteiger partial charge in [-0.2, -0.15) is 0 Å². The molecule has 1 N–H and O–H groups in total. The van der Waals surface area contributed by atoms with E-state index in [1.54, 1.807) is 19.5 Å². The number of nitrogens with one attached hydrogen (secondary N) is 1. The fraction of sp³-hybridized carbons (Fsp3) is 0.381. The van der Waals surface area contributed by atoms with Crippen molar-refractivity contribution in [2.45, 2.75) is 25.4 Å². The highest BCUT2D eigenvalue weighted by atomic mass is 16.5. The number of H-pyrrole nitrogens is 1. The van der Waals surface area contributed by atoms with E-state index in [1.165, 1.54) is 5.56 Å². The Labute approximate surface area is 163 Å². The highest BCUT2D eigenvalue weighted by Crippen LogP contribution is 2.36. The van der Waals surface area contributed by atoms with Gasteiger partial charge in [-0.3, -0.25) is 9.69 Å². The van der Waals surface area contributed by atoms with Crippen LogP contribution in [-0.4, -0.2) is 44.6 Å². The molecule has 0 amide bonds. The largest absolute Gasteiger partial charge is 0.481 e. The summed E-state index contributed by atoms with van der Waals surface area (Å²) in [6.45, 7) is 3.61. The topological polar surface area (TPSA) is 76.0 Å². The smallest absolute Gasteiger partial charge is 0.261 e. The van der Waals surface area contributed by atoms with E-state index in [4.69, 9.17) is 4.74 Å². The molecule has 5 rings (SSSR count). The first-order valence-electron chi connectivity index (χ1n) is 9.66. The molecule has 28 heavy (non-hydrogen) atoms. The van der Waals surface area contributed by atoms with Gasteiger partial charge >= 0.3 is 0 Å². The molecule has 144 valence electrons. The predicted molar refractivity (Wildman–Crippen MR) is 105 cm³/mol. The number of hydrogen-bond donors (Lipinski definition) is 1. The summed E-state index contributed by atoms with van der Waals surface area (Å²) in [6.07, 6.45) is 6.47. The Morgan fingerprint density at radius 1 is 1.18 bits per heavy atom. The SMILES string of the molecule is COc1ccc(CN2C[C@@H]3C[C@H](C2)c2ccc(-c4ncc[nH]4)c(=O)n2C3)cn1. The summed E-state index contributed by atoms with van der Waals surface area (Å²) < 4.78 is 7.12. The zero-order chi connectivity index (χ0) is 19.1. The number of nitrogens with zero attached hydrogens (tertiary/aromatic N) is 4. The van der Waals surface area contributed by atoms with Crippen LogP contribution in [0, 0.1) is 5.92 Å². The monoisotopic (exact) mass is 377 g/mol. The average molecular weight is 377 g/mol. The number of fused-ring (bicyclic) bond motifs is 4. The van der Waals surface area contributed by atoms with Gasteiger partial charge in [-0.05, 0) is 30.0 Å². The highest BCUT2D eigenvalue weighted by molar-refractivity contribution is 5.53.